The van der Waals surface area contributed by atoms with Gasteiger partial charge in [0.15, 0.2) is 5.79 Å². The van der Waals surface area contributed by atoms with E-state index in [-0.39, 0.29) is 0 Å². The van der Waals surface area contributed by atoms with Crippen molar-refractivity contribution in [3.63, 3.8) is 0 Å². The third kappa shape index (κ3) is 2.25. The fraction of sp³-hybridized carbons (Fsp3) is 1.00. The number of hydrogen-bond acceptors (Lipinski definition) is 3. The summed E-state index contributed by atoms with van der Waals surface area (Å²) in [4.78, 5) is 0. The van der Waals surface area contributed by atoms with Gasteiger partial charge in [0.05, 0.1) is 5.54 Å². The fourth-order valence-corrected chi connectivity index (χ4v) is 0.467. The van der Waals surface area contributed by atoms with E-state index >= 15 is 0 Å². The zero-order valence-electron chi connectivity index (χ0n) is 7.14. The van der Waals surface area contributed by atoms with Crippen LogP contribution in [0.3, 0.4) is 0 Å². The van der Waals surface area contributed by atoms with Gasteiger partial charge in [0.2, 0.25) is 0 Å². The van der Waals surface area contributed by atoms with Crippen LogP contribution in [0.5, 0.6) is 0 Å². The molecule has 10 heavy (non-hydrogen) atoms. The molecule has 0 aromatic carbocycles. The van der Waals surface area contributed by atoms with Gasteiger partial charge in [-0.3, -0.25) is 0 Å². The van der Waals surface area contributed by atoms with E-state index in [4.69, 9.17) is 10.5 Å². The van der Waals surface area contributed by atoms with Crippen molar-refractivity contribution in [2.45, 2.75) is 39.0 Å². The Labute approximate surface area is 62.2 Å². The van der Waals surface area contributed by atoms with E-state index in [0.29, 0.717) is 6.61 Å². The molecule has 0 radical (unpaired) electrons. The van der Waals surface area contributed by atoms with Crippen molar-refractivity contribution in [1.82, 2.24) is 0 Å². The van der Waals surface area contributed by atoms with Crippen molar-refractivity contribution in [3.8, 4) is 0 Å². The van der Waals surface area contributed by atoms with Crippen LogP contribution in [-0.4, -0.2) is 23.0 Å². The minimum atomic E-state index is -1.23. The maximum atomic E-state index is 9.50. The smallest absolute Gasteiger partial charge is 0.180 e. The molecule has 0 aromatic heterocycles. The highest BCUT2D eigenvalue weighted by atomic mass is 16.6. The van der Waals surface area contributed by atoms with Crippen LogP contribution in [0.1, 0.15) is 27.7 Å². The molecule has 3 nitrogen and oxygen atoms in total. The van der Waals surface area contributed by atoms with Crippen molar-refractivity contribution >= 4 is 0 Å². The Balaban J connectivity index is 4.10. The van der Waals surface area contributed by atoms with E-state index in [2.05, 4.69) is 0 Å². The molecule has 0 heterocycles. The van der Waals surface area contributed by atoms with E-state index in [0.717, 1.165) is 0 Å². The number of rotatable bonds is 3. The second-order valence-electron chi connectivity index (χ2n) is 3.14. The molecule has 0 saturated heterocycles. The van der Waals surface area contributed by atoms with Crippen LogP contribution in [0.15, 0.2) is 0 Å². The van der Waals surface area contributed by atoms with Gasteiger partial charge < -0.3 is 15.6 Å². The van der Waals surface area contributed by atoms with Gasteiger partial charge in [-0.25, -0.2) is 0 Å². The van der Waals surface area contributed by atoms with E-state index in [1.165, 1.54) is 0 Å². The molecule has 1 unspecified atom stereocenters. The lowest BCUT2D eigenvalue weighted by molar-refractivity contribution is -0.222. The lowest BCUT2D eigenvalue weighted by atomic mass is 9.96. The van der Waals surface area contributed by atoms with Crippen LogP contribution in [0.25, 0.3) is 0 Å². The highest BCUT2D eigenvalue weighted by Crippen LogP contribution is 2.19. The molecule has 62 valence electrons. The molecule has 0 amide bonds. The molecule has 0 fully saturated rings. The van der Waals surface area contributed by atoms with E-state index in [1.54, 1.807) is 20.8 Å². The molecular formula is C7H17NO2. The van der Waals surface area contributed by atoms with Crippen molar-refractivity contribution in [3.05, 3.63) is 0 Å². The first-order valence-electron chi connectivity index (χ1n) is 3.46. The van der Waals surface area contributed by atoms with E-state index < -0.39 is 11.3 Å². The van der Waals surface area contributed by atoms with Gasteiger partial charge in [0.25, 0.3) is 0 Å². The minimum absolute atomic E-state index is 0.466. The first kappa shape index (κ1) is 9.88. The maximum Gasteiger partial charge on any atom is 0.180 e. The predicted octanol–water partition coefficient (Wildman–Crippen LogP) is 0.469. The summed E-state index contributed by atoms with van der Waals surface area (Å²) in [6.07, 6.45) is 0. The molecule has 0 saturated carbocycles. The summed E-state index contributed by atoms with van der Waals surface area (Å²) >= 11 is 0. The van der Waals surface area contributed by atoms with Gasteiger partial charge in [0, 0.05) is 6.61 Å². The molecule has 0 spiro atoms. The molecular weight excluding hydrogens is 130 g/mol. The molecule has 3 heteroatoms. The maximum absolute atomic E-state index is 9.50. The zero-order valence-corrected chi connectivity index (χ0v) is 7.14. The summed E-state index contributed by atoms with van der Waals surface area (Å²) in [5.41, 5.74) is 4.91. The minimum Gasteiger partial charge on any atom is -0.364 e. The Kier molecular flexibility index (Phi) is 2.83. The first-order valence-corrected chi connectivity index (χ1v) is 3.46. The summed E-state index contributed by atoms with van der Waals surface area (Å²) in [5, 5.41) is 9.50. The number of ether oxygens (including phenoxy) is 1. The van der Waals surface area contributed by atoms with Crippen LogP contribution in [0.4, 0.5) is 0 Å². The second-order valence-corrected chi connectivity index (χ2v) is 3.14. The van der Waals surface area contributed by atoms with Gasteiger partial charge in [-0.1, -0.05) is 0 Å². The van der Waals surface area contributed by atoms with Crippen molar-refractivity contribution in [1.29, 1.82) is 0 Å². The van der Waals surface area contributed by atoms with Crippen LogP contribution in [0, 0.1) is 0 Å². The zero-order chi connectivity index (χ0) is 8.41. The molecule has 0 rings (SSSR count). The van der Waals surface area contributed by atoms with Crippen molar-refractivity contribution in [2.24, 2.45) is 5.73 Å². The molecule has 0 bridgehead atoms. The van der Waals surface area contributed by atoms with Gasteiger partial charge in [-0.05, 0) is 27.7 Å². The fourth-order valence-electron chi connectivity index (χ4n) is 0.467. The van der Waals surface area contributed by atoms with Crippen molar-refractivity contribution < 1.29 is 9.84 Å². The standard InChI is InChI=1S/C7H17NO2/c1-5-10-7(4,9)6(2,3)8/h9H,5,8H2,1-4H3. The first-order chi connectivity index (χ1) is 4.31. The SMILES string of the molecule is CCOC(C)(O)C(C)(C)N. The van der Waals surface area contributed by atoms with Crippen LogP contribution in [-0.2, 0) is 4.74 Å². The number of nitrogens with two attached hydrogens (primary N) is 1. The molecule has 1 atom stereocenters. The molecule has 0 aliphatic carbocycles. The predicted molar refractivity (Wildman–Crippen MR) is 40.5 cm³/mol. The Morgan fingerprint density at radius 1 is 1.40 bits per heavy atom. The van der Waals surface area contributed by atoms with Gasteiger partial charge in [0.1, 0.15) is 0 Å². The lowest BCUT2D eigenvalue weighted by Gasteiger charge is -2.35. The van der Waals surface area contributed by atoms with Crippen LogP contribution < -0.4 is 5.73 Å². The average molecular weight is 147 g/mol. The summed E-state index contributed by atoms with van der Waals surface area (Å²) in [7, 11) is 0. The van der Waals surface area contributed by atoms with Gasteiger partial charge in [-0.2, -0.15) is 0 Å². The molecule has 0 aliphatic heterocycles. The van der Waals surface area contributed by atoms with E-state index in [9.17, 15) is 5.11 Å². The Morgan fingerprint density at radius 3 is 1.90 bits per heavy atom. The van der Waals surface area contributed by atoms with Gasteiger partial charge >= 0.3 is 0 Å². The third-order valence-corrected chi connectivity index (χ3v) is 1.62. The Hall–Kier alpha value is -0.120. The summed E-state index contributed by atoms with van der Waals surface area (Å²) in [6, 6.07) is 0. The Morgan fingerprint density at radius 2 is 1.80 bits per heavy atom. The summed E-state index contributed by atoms with van der Waals surface area (Å²) in [6.45, 7) is 7.30. The molecule has 0 aromatic rings. The number of hydrogen-bond donors (Lipinski definition) is 2. The highest BCUT2D eigenvalue weighted by Gasteiger charge is 2.36. The van der Waals surface area contributed by atoms with Crippen LogP contribution in [0.2, 0.25) is 0 Å². The summed E-state index contributed by atoms with van der Waals surface area (Å²) in [5.74, 6) is -1.23. The molecule has 0 aliphatic rings. The second kappa shape index (κ2) is 2.86. The van der Waals surface area contributed by atoms with E-state index in [1.807, 2.05) is 6.92 Å². The molecule has 3 N–H and O–H groups in total. The lowest BCUT2D eigenvalue weighted by Crippen LogP contribution is -2.56. The monoisotopic (exact) mass is 147 g/mol. The van der Waals surface area contributed by atoms with Crippen molar-refractivity contribution in [2.75, 3.05) is 6.61 Å². The highest BCUT2D eigenvalue weighted by molar-refractivity contribution is 4.86. The average Bonchev–Trinajstić information content (AvgIpc) is 1.61. The van der Waals surface area contributed by atoms with Gasteiger partial charge in [-0.15, -0.1) is 0 Å². The van der Waals surface area contributed by atoms with Crippen LogP contribution >= 0.6 is 0 Å². The summed E-state index contributed by atoms with van der Waals surface area (Å²) < 4.78 is 5.02. The number of aliphatic hydroxyl groups is 1. The largest absolute Gasteiger partial charge is 0.364 e. The third-order valence-electron chi connectivity index (χ3n) is 1.62. The topological polar surface area (TPSA) is 55.5 Å². The Bertz CT molecular complexity index is 105. The quantitative estimate of drug-likeness (QED) is 0.570. The normalized spacial score (nSPS) is 18.6.